The largest absolute Gasteiger partial charge is 0.756 e. The Morgan fingerprint density at radius 2 is 0.902 bits per heavy atom. The summed E-state index contributed by atoms with van der Waals surface area (Å²) in [6.07, 6.45) is 29.7. The summed E-state index contributed by atoms with van der Waals surface area (Å²) in [5.74, 6) is -1.17. The van der Waals surface area contributed by atoms with Crippen LogP contribution in [-0.2, 0) is 32.7 Å². The van der Waals surface area contributed by atoms with Gasteiger partial charge >= 0.3 is 11.9 Å². The average molecular weight is 886 g/mol. The highest BCUT2D eigenvalue weighted by Gasteiger charge is 2.50. The zero-order valence-electron chi connectivity index (χ0n) is 37.4. The van der Waals surface area contributed by atoms with Crippen molar-refractivity contribution in [3.8, 4) is 0 Å². The van der Waals surface area contributed by atoms with Crippen LogP contribution in [0.4, 0.5) is 0 Å². The number of carbonyl (C=O) groups excluding carboxylic acids is 2. The minimum absolute atomic E-state index is 0.0527. The fraction of sp³-hybridized carbons (Fsp3) is 0.787. The van der Waals surface area contributed by atoms with E-state index in [9.17, 15) is 44.6 Å². The topological polar surface area (TPSA) is 212 Å². The maximum atomic E-state index is 12.7. The van der Waals surface area contributed by atoms with Crippen LogP contribution in [0.15, 0.2) is 48.6 Å². The van der Waals surface area contributed by atoms with E-state index in [0.29, 0.717) is 12.8 Å². The first-order chi connectivity index (χ1) is 29.4. The Morgan fingerprint density at radius 1 is 0.525 bits per heavy atom. The summed E-state index contributed by atoms with van der Waals surface area (Å²) in [5.41, 5.74) is 0. The monoisotopic (exact) mass is 886 g/mol. The van der Waals surface area contributed by atoms with Crippen molar-refractivity contribution in [2.75, 3.05) is 13.2 Å². The quantitative estimate of drug-likeness (QED) is 0.0170. The molecule has 1 aliphatic carbocycles. The van der Waals surface area contributed by atoms with Crippen LogP contribution in [0.2, 0.25) is 0 Å². The second kappa shape index (κ2) is 37.2. The number of carbonyl (C=O) groups is 2. The molecule has 354 valence electrons. The highest BCUT2D eigenvalue weighted by molar-refractivity contribution is 7.45. The lowest BCUT2D eigenvalue weighted by atomic mass is 9.85. The zero-order chi connectivity index (χ0) is 45.0. The van der Waals surface area contributed by atoms with E-state index in [1.807, 2.05) is 0 Å². The van der Waals surface area contributed by atoms with Crippen molar-refractivity contribution >= 4 is 19.8 Å². The molecule has 13 nitrogen and oxygen atoms in total. The van der Waals surface area contributed by atoms with Gasteiger partial charge in [-0.05, 0) is 77.0 Å². The van der Waals surface area contributed by atoms with Gasteiger partial charge in [0.25, 0.3) is 7.82 Å². The van der Waals surface area contributed by atoms with Crippen LogP contribution in [-0.4, -0.2) is 93.4 Å². The van der Waals surface area contributed by atoms with Gasteiger partial charge in [0.15, 0.2) is 6.10 Å². The van der Waals surface area contributed by atoms with Gasteiger partial charge in [0.2, 0.25) is 0 Å². The van der Waals surface area contributed by atoms with E-state index in [4.69, 9.17) is 18.5 Å². The molecule has 0 radical (unpaired) electrons. The SMILES string of the molecule is CCCCC/C=C\C/C=C\C/C=C\CCCCCCC(=O)O[C@H](COC(=O)CCCCCCC/C=C\CCCCCCCC)COP(=O)([O-])OC1[C@H](O)[C@H](O)C(O)[C@H](O)[C@H]1O. The molecule has 0 bridgehead atoms. The number of hydrogen-bond donors (Lipinski definition) is 5. The summed E-state index contributed by atoms with van der Waals surface area (Å²) in [5, 5.41) is 50.0. The summed E-state index contributed by atoms with van der Waals surface area (Å²) in [4.78, 5) is 38.0. The van der Waals surface area contributed by atoms with Gasteiger partial charge in [-0.25, -0.2) is 0 Å². The van der Waals surface area contributed by atoms with Crippen molar-refractivity contribution in [3.63, 3.8) is 0 Å². The minimum atomic E-state index is -5.38. The summed E-state index contributed by atoms with van der Waals surface area (Å²) < 4.78 is 33.1. The normalized spacial score (nSPS) is 22.4. The molecule has 0 heterocycles. The fourth-order valence-corrected chi connectivity index (χ4v) is 7.77. The van der Waals surface area contributed by atoms with Crippen LogP contribution < -0.4 is 4.89 Å². The van der Waals surface area contributed by atoms with Gasteiger partial charge in [0.05, 0.1) is 6.61 Å². The van der Waals surface area contributed by atoms with E-state index in [0.717, 1.165) is 83.5 Å². The number of aliphatic hydroxyl groups is 5. The van der Waals surface area contributed by atoms with Gasteiger partial charge in [-0.1, -0.05) is 140 Å². The maximum absolute atomic E-state index is 12.7. The van der Waals surface area contributed by atoms with E-state index in [2.05, 4.69) is 62.5 Å². The van der Waals surface area contributed by atoms with E-state index in [1.165, 1.54) is 57.8 Å². The Hall–Kier alpha value is -2.19. The van der Waals surface area contributed by atoms with Gasteiger partial charge in [-0.3, -0.25) is 14.2 Å². The molecule has 1 saturated carbocycles. The molecule has 1 rings (SSSR count). The van der Waals surface area contributed by atoms with Crippen molar-refractivity contribution in [1.29, 1.82) is 0 Å². The van der Waals surface area contributed by atoms with Crippen LogP contribution in [0.3, 0.4) is 0 Å². The molecular formula is C47H82O13P-. The smallest absolute Gasteiger partial charge is 0.306 e. The third-order valence-corrected chi connectivity index (χ3v) is 11.6. The molecule has 0 saturated heterocycles. The number of hydrogen-bond acceptors (Lipinski definition) is 13. The Balaban J connectivity index is 2.49. The summed E-state index contributed by atoms with van der Waals surface area (Å²) in [7, 11) is -5.38. The molecule has 1 fully saturated rings. The average Bonchev–Trinajstić information content (AvgIpc) is 3.24. The van der Waals surface area contributed by atoms with Gasteiger partial charge < -0.3 is 48.9 Å². The van der Waals surface area contributed by atoms with Gasteiger partial charge in [0, 0.05) is 12.8 Å². The van der Waals surface area contributed by atoms with E-state index in [1.54, 1.807) is 0 Å². The minimum Gasteiger partial charge on any atom is -0.756 e. The molecule has 0 amide bonds. The van der Waals surface area contributed by atoms with Crippen molar-refractivity contribution < 1.29 is 63.1 Å². The molecule has 0 aromatic carbocycles. The van der Waals surface area contributed by atoms with Crippen molar-refractivity contribution in [1.82, 2.24) is 0 Å². The van der Waals surface area contributed by atoms with Crippen LogP contribution >= 0.6 is 7.82 Å². The van der Waals surface area contributed by atoms with Gasteiger partial charge in [0.1, 0.15) is 43.2 Å². The summed E-state index contributed by atoms with van der Waals surface area (Å²) in [6.45, 7) is 3.14. The van der Waals surface area contributed by atoms with Gasteiger partial charge in [-0.15, -0.1) is 0 Å². The number of unbranched alkanes of at least 4 members (excludes halogenated alkanes) is 18. The zero-order valence-corrected chi connectivity index (χ0v) is 38.3. The standard InChI is InChI=1S/C47H83O13P/c1-3-5-7-9-11-13-15-17-19-20-22-24-26-28-30-32-34-36-41(49)59-39(38-58-61(55,56)60-47-45(53)43(51)42(50)44(52)46(47)54)37-57-40(48)35-33-31-29-27-25-23-21-18-16-14-12-10-8-6-4-2/h11,13,17-19,21-22,24,39,42-47,50-54H,3-10,12,14-16,20,23,25-38H2,1-2H3,(H,55,56)/p-1/b13-11-,19-17-,21-18-,24-22-/t39-,42?,43-,44+,45-,46-,47?/m1/s1. The van der Waals surface area contributed by atoms with E-state index < -0.39 is 75.7 Å². The fourth-order valence-electron chi connectivity index (χ4n) is 6.81. The molecule has 14 heteroatoms. The Morgan fingerprint density at radius 3 is 1.41 bits per heavy atom. The Kier molecular flexibility index (Phi) is 34.7. The number of ether oxygens (including phenoxy) is 2. The molecule has 0 aromatic heterocycles. The maximum Gasteiger partial charge on any atom is 0.306 e. The number of allylic oxidation sites excluding steroid dienone is 8. The summed E-state index contributed by atoms with van der Waals surface area (Å²) in [6, 6.07) is 0. The van der Waals surface area contributed by atoms with Crippen LogP contribution in [0.25, 0.3) is 0 Å². The lowest BCUT2D eigenvalue weighted by Gasteiger charge is -2.43. The third kappa shape index (κ3) is 29.7. The van der Waals surface area contributed by atoms with Crippen molar-refractivity contribution in [2.45, 2.75) is 224 Å². The van der Waals surface area contributed by atoms with Crippen molar-refractivity contribution in [3.05, 3.63) is 48.6 Å². The molecular weight excluding hydrogens is 803 g/mol. The summed E-state index contributed by atoms with van der Waals surface area (Å²) >= 11 is 0. The second-order valence-corrected chi connectivity index (χ2v) is 17.6. The van der Waals surface area contributed by atoms with Crippen LogP contribution in [0.5, 0.6) is 0 Å². The molecule has 5 N–H and O–H groups in total. The molecule has 0 aromatic rings. The van der Waals surface area contributed by atoms with Crippen molar-refractivity contribution in [2.24, 2.45) is 0 Å². The molecule has 1 aliphatic rings. The number of phosphoric ester groups is 1. The first-order valence-corrected chi connectivity index (χ1v) is 24.9. The Bertz CT molecular complexity index is 1250. The first kappa shape index (κ1) is 56.8. The molecule has 61 heavy (non-hydrogen) atoms. The molecule has 0 spiro atoms. The first-order valence-electron chi connectivity index (χ1n) is 23.4. The molecule has 8 atom stereocenters. The highest BCUT2D eigenvalue weighted by Crippen LogP contribution is 2.43. The van der Waals surface area contributed by atoms with Crippen LogP contribution in [0, 0.1) is 0 Å². The predicted molar refractivity (Wildman–Crippen MR) is 237 cm³/mol. The highest BCUT2D eigenvalue weighted by atomic mass is 31.2. The van der Waals surface area contributed by atoms with Crippen LogP contribution in [0.1, 0.15) is 181 Å². The lowest BCUT2D eigenvalue weighted by Crippen LogP contribution is -2.64. The number of rotatable bonds is 38. The van der Waals surface area contributed by atoms with E-state index in [-0.39, 0.29) is 12.8 Å². The number of aliphatic hydroxyl groups excluding tert-OH is 5. The third-order valence-electron chi connectivity index (χ3n) is 10.6. The molecule has 0 aliphatic heterocycles. The lowest BCUT2D eigenvalue weighted by molar-refractivity contribution is -0.261. The van der Waals surface area contributed by atoms with Gasteiger partial charge in [-0.2, -0.15) is 0 Å². The number of esters is 2. The second-order valence-electron chi connectivity index (χ2n) is 16.2. The molecule has 3 unspecified atom stereocenters. The predicted octanol–water partition coefficient (Wildman–Crippen LogP) is 8.54. The Labute approximate surface area is 367 Å². The number of phosphoric acid groups is 1. The van der Waals surface area contributed by atoms with E-state index >= 15 is 0 Å².